The van der Waals surface area contributed by atoms with E-state index in [0.717, 1.165) is 0 Å². The van der Waals surface area contributed by atoms with Crippen LogP contribution in [0.4, 0.5) is 0 Å². The summed E-state index contributed by atoms with van der Waals surface area (Å²) < 4.78 is 4.94. The third-order valence-electron chi connectivity index (χ3n) is 1.72. The summed E-state index contributed by atoms with van der Waals surface area (Å²) >= 11 is 0. The first kappa shape index (κ1) is 11.4. The first-order chi connectivity index (χ1) is 5.49. The molecular formula is C8H17NO3. The molecule has 0 saturated heterocycles. The maximum atomic E-state index is 11.2. The van der Waals surface area contributed by atoms with E-state index >= 15 is 0 Å². The number of carbonyl (C=O) groups is 1. The lowest BCUT2D eigenvalue weighted by Crippen LogP contribution is -2.33. The van der Waals surface area contributed by atoms with E-state index in [-0.39, 0.29) is 12.3 Å². The highest BCUT2D eigenvalue weighted by Crippen LogP contribution is 2.04. The fourth-order valence-corrected chi connectivity index (χ4v) is 0.806. The van der Waals surface area contributed by atoms with Crippen molar-refractivity contribution in [2.75, 3.05) is 21.2 Å². The molecule has 0 saturated carbocycles. The summed E-state index contributed by atoms with van der Waals surface area (Å²) in [5.74, 6) is -0.0391. The van der Waals surface area contributed by atoms with Crippen LogP contribution in [-0.2, 0) is 9.53 Å². The fraction of sp³-hybridized carbons (Fsp3) is 0.875. The molecule has 1 N–H and O–H groups in total. The molecule has 0 aromatic heterocycles. The van der Waals surface area contributed by atoms with Gasteiger partial charge in [-0.3, -0.25) is 4.79 Å². The Bertz CT molecular complexity index is 145. The number of hydrogen-bond donors (Lipinski definition) is 1. The maximum Gasteiger partial charge on any atom is 0.224 e. The first-order valence-electron chi connectivity index (χ1n) is 3.90. The molecule has 0 bridgehead atoms. The van der Waals surface area contributed by atoms with E-state index in [1.807, 2.05) is 0 Å². The van der Waals surface area contributed by atoms with E-state index in [1.54, 1.807) is 21.0 Å². The minimum absolute atomic E-state index is 0.0391. The van der Waals surface area contributed by atoms with Gasteiger partial charge in [-0.2, -0.15) is 0 Å². The van der Waals surface area contributed by atoms with Crippen molar-refractivity contribution in [1.29, 1.82) is 0 Å². The molecule has 4 nitrogen and oxygen atoms in total. The Hall–Kier alpha value is -0.610. The van der Waals surface area contributed by atoms with Crippen molar-refractivity contribution in [3.8, 4) is 0 Å². The third kappa shape index (κ3) is 3.69. The highest BCUT2D eigenvalue weighted by molar-refractivity contribution is 5.76. The van der Waals surface area contributed by atoms with Gasteiger partial charge in [-0.1, -0.05) is 0 Å². The summed E-state index contributed by atoms with van der Waals surface area (Å²) in [6.45, 7) is 1.61. The van der Waals surface area contributed by atoms with E-state index in [1.165, 1.54) is 12.0 Å². The Morgan fingerprint density at radius 1 is 1.58 bits per heavy atom. The van der Waals surface area contributed by atoms with Crippen LogP contribution in [-0.4, -0.2) is 49.3 Å². The lowest BCUT2D eigenvalue weighted by Gasteiger charge is -2.19. The Morgan fingerprint density at radius 3 is 2.33 bits per heavy atom. The van der Waals surface area contributed by atoms with Crippen LogP contribution >= 0.6 is 0 Å². The quantitative estimate of drug-likeness (QED) is 0.647. The van der Waals surface area contributed by atoms with Crippen LogP contribution in [0.5, 0.6) is 0 Å². The summed E-state index contributed by atoms with van der Waals surface area (Å²) in [6.07, 6.45) is -0.792. The molecule has 0 aliphatic rings. The predicted molar refractivity (Wildman–Crippen MR) is 45.8 cm³/mol. The average Bonchev–Trinajstić information content (AvgIpc) is 1.98. The highest BCUT2D eigenvalue weighted by atomic mass is 16.5. The normalized spacial score (nSPS) is 15.4. The molecule has 0 fully saturated rings. The van der Waals surface area contributed by atoms with Gasteiger partial charge in [0.1, 0.15) is 0 Å². The molecule has 0 spiro atoms. The van der Waals surface area contributed by atoms with Crippen molar-refractivity contribution in [1.82, 2.24) is 4.90 Å². The van der Waals surface area contributed by atoms with Crippen molar-refractivity contribution in [3.63, 3.8) is 0 Å². The number of nitrogens with zero attached hydrogens (tertiary/aromatic N) is 1. The van der Waals surface area contributed by atoms with Crippen LogP contribution in [0.2, 0.25) is 0 Å². The largest absolute Gasteiger partial charge is 0.391 e. The SMILES string of the molecule is COC(CC(=O)N(C)C)C(C)O. The topological polar surface area (TPSA) is 49.8 Å². The molecule has 4 heteroatoms. The first-order valence-corrected chi connectivity index (χ1v) is 3.90. The fourth-order valence-electron chi connectivity index (χ4n) is 0.806. The summed E-state index contributed by atoms with van der Waals surface area (Å²) in [5.41, 5.74) is 0. The van der Waals surface area contributed by atoms with E-state index < -0.39 is 12.2 Å². The second kappa shape index (κ2) is 5.11. The molecule has 0 aliphatic heterocycles. The van der Waals surface area contributed by atoms with Gasteiger partial charge in [-0.05, 0) is 6.92 Å². The van der Waals surface area contributed by atoms with Crippen molar-refractivity contribution < 1.29 is 14.6 Å². The van der Waals surface area contributed by atoms with Gasteiger partial charge < -0.3 is 14.7 Å². The van der Waals surface area contributed by atoms with Gasteiger partial charge in [-0.25, -0.2) is 0 Å². The number of ether oxygens (including phenoxy) is 1. The molecule has 2 atom stereocenters. The molecule has 0 rings (SSSR count). The van der Waals surface area contributed by atoms with Gasteiger partial charge in [-0.15, -0.1) is 0 Å². The van der Waals surface area contributed by atoms with Crippen LogP contribution in [0.15, 0.2) is 0 Å². The van der Waals surface area contributed by atoms with E-state index in [2.05, 4.69) is 0 Å². The lowest BCUT2D eigenvalue weighted by molar-refractivity contribution is -0.133. The van der Waals surface area contributed by atoms with Crippen molar-refractivity contribution in [2.24, 2.45) is 0 Å². The zero-order valence-corrected chi connectivity index (χ0v) is 8.07. The Kier molecular flexibility index (Phi) is 4.85. The van der Waals surface area contributed by atoms with Gasteiger partial charge in [0.15, 0.2) is 0 Å². The highest BCUT2D eigenvalue weighted by Gasteiger charge is 2.18. The van der Waals surface area contributed by atoms with Crippen LogP contribution in [0.1, 0.15) is 13.3 Å². The number of methoxy groups -OCH3 is 1. The number of hydrogen-bond acceptors (Lipinski definition) is 3. The molecular weight excluding hydrogens is 158 g/mol. The molecule has 12 heavy (non-hydrogen) atoms. The smallest absolute Gasteiger partial charge is 0.224 e. The maximum absolute atomic E-state index is 11.2. The van der Waals surface area contributed by atoms with Gasteiger partial charge >= 0.3 is 0 Å². The standard InChI is InChI=1S/C8H17NO3/c1-6(10)7(12-4)5-8(11)9(2)3/h6-7,10H,5H2,1-4H3. The van der Waals surface area contributed by atoms with E-state index in [0.29, 0.717) is 0 Å². The van der Waals surface area contributed by atoms with Crippen molar-refractivity contribution in [2.45, 2.75) is 25.6 Å². The predicted octanol–water partition coefficient (Wildman–Crippen LogP) is -0.139. The number of amides is 1. The molecule has 72 valence electrons. The molecule has 1 amide bonds. The minimum atomic E-state index is -0.612. The lowest BCUT2D eigenvalue weighted by atomic mass is 10.1. The van der Waals surface area contributed by atoms with Crippen LogP contribution in [0.25, 0.3) is 0 Å². The molecule has 2 unspecified atom stereocenters. The Morgan fingerprint density at radius 2 is 2.08 bits per heavy atom. The number of carbonyl (C=O) groups excluding carboxylic acids is 1. The molecule has 0 aromatic carbocycles. The van der Waals surface area contributed by atoms with Gasteiger partial charge in [0.2, 0.25) is 5.91 Å². The van der Waals surface area contributed by atoms with Gasteiger partial charge in [0.05, 0.1) is 18.6 Å². The van der Waals surface area contributed by atoms with Crippen LogP contribution < -0.4 is 0 Å². The third-order valence-corrected chi connectivity index (χ3v) is 1.72. The summed E-state index contributed by atoms with van der Waals surface area (Å²) in [5, 5.41) is 9.15. The average molecular weight is 175 g/mol. The van der Waals surface area contributed by atoms with Crippen LogP contribution in [0.3, 0.4) is 0 Å². The van der Waals surface area contributed by atoms with Gasteiger partial charge in [0, 0.05) is 21.2 Å². The zero-order chi connectivity index (χ0) is 9.72. The summed E-state index contributed by atoms with van der Waals surface area (Å²) in [7, 11) is 4.84. The second-order valence-corrected chi connectivity index (χ2v) is 3.01. The monoisotopic (exact) mass is 175 g/mol. The zero-order valence-electron chi connectivity index (χ0n) is 8.07. The molecule has 0 radical (unpaired) electrons. The van der Waals surface area contributed by atoms with Crippen molar-refractivity contribution >= 4 is 5.91 Å². The van der Waals surface area contributed by atoms with E-state index in [9.17, 15) is 4.79 Å². The second-order valence-electron chi connectivity index (χ2n) is 3.01. The Balaban J connectivity index is 3.94. The summed E-state index contributed by atoms with van der Waals surface area (Å²) in [4.78, 5) is 12.6. The Labute approximate surface area is 73.1 Å². The summed E-state index contributed by atoms with van der Waals surface area (Å²) in [6, 6.07) is 0. The molecule has 0 aliphatic carbocycles. The molecule has 0 heterocycles. The number of rotatable bonds is 4. The van der Waals surface area contributed by atoms with Crippen LogP contribution in [0, 0.1) is 0 Å². The number of aliphatic hydroxyl groups is 1. The molecule has 0 aromatic rings. The number of aliphatic hydroxyl groups excluding tert-OH is 1. The van der Waals surface area contributed by atoms with Gasteiger partial charge in [0.25, 0.3) is 0 Å². The minimum Gasteiger partial charge on any atom is -0.391 e. The van der Waals surface area contributed by atoms with Crippen molar-refractivity contribution in [3.05, 3.63) is 0 Å². The van der Waals surface area contributed by atoms with E-state index in [4.69, 9.17) is 9.84 Å².